The number of para-hydroxylation sites is 2. The number of hydrogen-bond donors (Lipinski definition) is 0. The highest BCUT2D eigenvalue weighted by molar-refractivity contribution is 6.08. The number of halogens is 26. The molecule has 0 atom stereocenters. The molecule has 0 aliphatic heterocycles. The van der Waals surface area contributed by atoms with E-state index in [-0.39, 0.29) is 21.8 Å². The van der Waals surface area contributed by atoms with E-state index in [1.807, 2.05) is 0 Å². The lowest BCUT2D eigenvalue weighted by Crippen LogP contribution is -2.70. The van der Waals surface area contributed by atoms with Crippen molar-refractivity contribution in [2.45, 2.75) is 71.6 Å². The first-order chi connectivity index (χ1) is 27.1. The van der Waals surface area contributed by atoms with Crippen molar-refractivity contribution in [3.05, 3.63) is 48.5 Å². The van der Waals surface area contributed by atoms with Crippen molar-refractivity contribution in [2.24, 2.45) is 0 Å². The molecule has 61 heavy (non-hydrogen) atoms. The number of rotatable bonds is 15. The van der Waals surface area contributed by atoms with Crippen molar-refractivity contribution < 1.29 is 124 Å². The normalized spacial score (nSPS) is 15.2. The monoisotopic (exact) mass is 942 g/mol. The highest BCUT2D eigenvalue weighted by Gasteiger charge is 2.92. The van der Waals surface area contributed by atoms with Gasteiger partial charge < -0.3 is 9.47 Å². The van der Waals surface area contributed by atoms with Crippen LogP contribution in [0.5, 0.6) is 12.0 Å². The third-order valence-electron chi connectivity index (χ3n) is 8.12. The molecule has 2 aromatic carbocycles. The second-order valence-electron chi connectivity index (χ2n) is 12.1. The van der Waals surface area contributed by atoms with Gasteiger partial charge in [0.25, 0.3) is 0 Å². The minimum atomic E-state index is -8.39. The number of hydrogen-bond acceptors (Lipinski definition) is 5. The fraction of sp³-hybridized carbons (Fsp3) is 0.483. The first kappa shape index (κ1) is 48.7. The Balaban J connectivity index is 1.82. The zero-order valence-electron chi connectivity index (χ0n) is 28.0. The van der Waals surface area contributed by atoms with Crippen molar-refractivity contribution in [3.8, 4) is 18.0 Å². The molecule has 0 aliphatic rings. The first-order valence-corrected chi connectivity index (χ1v) is 15.0. The number of aromatic nitrogens is 4. The van der Waals surface area contributed by atoms with E-state index in [4.69, 9.17) is 0 Å². The quantitative estimate of drug-likeness (QED) is 0.111. The summed E-state index contributed by atoms with van der Waals surface area (Å²) in [5.41, 5.74) is -0.416. The zero-order valence-corrected chi connectivity index (χ0v) is 28.0. The smallest absolute Gasteiger partial charge is 0.457 e. The van der Waals surface area contributed by atoms with E-state index in [1.54, 1.807) is 0 Å². The van der Waals surface area contributed by atoms with Crippen LogP contribution in [0.4, 0.5) is 114 Å². The van der Waals surface area contributed by atoms with Crippen LogP contribution in [0.15, 0.2) is 48.5 Å². The van der Waals surface area contributed by atoms with Crippen LogP contribution in [-0.2, 0) is 0 Å². The predicted octanol–water partition coefficient (Wildman–Crippen LogP) is 11.2. The molecule has 0 saturated heterocycles. The molecule has 342 valence electrons. The van der Waals surface area contributed by atoms with E-state index >= 15 is 0 Å². The lowest BCUT2D eigenvalue weighted by Gasteiger charge is -2.39. The van der Waals surface area contributed by atoms with E-state index in [9.17, 15) is 114 Å². The second kappa shape index (κ2) is 14.3. The van der Waals surface area contributed by atoms with Crippen LogP contribution in [-0.4, -0.2) is 104 Å². The number of alkyl halides is 26. The molecular weight excluding hydrogens is 930 g/mol. The maximum absolute atomic E-state index is 14.5. The summed E-state index contributed by atoms with van der Waals surface area (Å²) in [6.07, 6.45) is -15.6. The molecule has 4 aromatic rings. The summed E-state index contributed by atoms with van der Waals surface area (Å²) in [4.78, 5) is 8.93. The van der Waals surface area contributed by atoms with Gasteiger partial charge in [0.05, 0.1) is 11.0 Å². The maximum Gasteiger partial charge on any atom is 0.460 e. The van der Waals surface area contributed by atoms with Gasteiger partial charge in [-0.15, -0.1) is 4.98 Å². The fourth-order valence-electron chi connectivity index (χ4n) is 4.79. The highest BCUT2D eigenvalue weighted by Crippen LogP contribution is 2.62. The van der Waals surface area contributed by atoms with Crippen molar-refractivity contribution in [3.63, 3.8) is 0 Å². The third-order valence-corrected chi connectivity index (χ3v) is 8.12. The van der Waals surface area contributed by atoms with Gasteiger partial charge in [0.15, 0.2) is 13.2 Å². The first-order valence-electron chi connectivity index (χ1n) is 15.0. The molecule has 0 saturated carbocycles. The Kier molecular flexibility index (Phi) is 11.4. The summed E-state index contributed by atoms with van der Waals surface area (Å²) in [6.45, 7) is -7.25. The van der Waals surface area contributed by atoms with Gasteiger partial charge in [-0.25, -0.2) is 0 Å². The van der Waals surface area contributed by atoms with E-state index in [0.717, 1.165) is 12.1 Å². The molecule has 32 heteroatoms. The minimum absolute atomic E-state index is 0.110. The Labute approximate surface area is 317 Å². The van der Waals surface area contributed by atoms with Crippen molar-refractivity contribution in [1.82, 2.24) is 19.5 Å². The maximum atomic E-state index is 14.5. The van der Waals surface area contributed by atoms with E-state index < -0.39 is 103 Å². The Hall–Kier alpha value is -4.97. The molecule has 0 aliphatic carbocycles. The summed E-state index contributed by atoms with van der Waals surface area (Å²) in [7, 11) is 0. The van der Waals surface area contributed by atoms with Crippen LogP contribution < -0.4 is 9.47 Å². The standard InChI is InChI=1S/C29H12F26N4O2/c30-18(31,20(34,35)22(38,39)24(42,43)26(46,47)28(50,51)52)9-60-16-56-15(59-13-7-3-1-5-11(13)12-6-2-4-8-14(12)59)57-17(58-16)61-10-19(32,33)21(36,37)23(40,41)25(44,45)27(48,49)29(53,54)55/h1-8H,9-10H2. The number of fused-ring (bicyclic) bond motifs is 3. The van der Waals surface area contributed by atoms with Crippen LogP contribution in [0, 0.1) is 0 Å². The molecule has 0 amide bonds. The zero-order chi connectivity index (χ0) is 47.2. The summed E-state index contributed by atoms with van der Waals surface area (Å²) in [6, 6.07) is 5.34. The predicted molar refractivity (Wildman–Crippen MR) is 147 cm³/mol. The summed E-state index contributed by atoms with van der Waals surface area (Å²) < 4.78 is 362. The van der Waals surface area contributed by atoms with Gasteiger partial charge >= 0.3 is 83.6 Å². The lowest BCUT2D eigenvalue weighted by molar-refractivity contribution is -0.440. The topological polar surface area (TPSA) is 62.1 Å². The summed E-state index contributed by atoms with van der Waals surface area (Å²) in [5.74, 6) is -81.3. The Morgan fingerprint density at radius 3 is 0.934 bits per heavy atom. The molecule has 2 heterocycles. The molecule has 4 rings (SSSR count). The van der Waals surface area contributed by atoms with Crippen LogP contribution >= 0.6 is 0 Å². The van der Waals surface area contributed by atoms with Gasteiger partial charge in [0.1, 0.15) is 0 Å². The molecule has 0 unspecified atom stereocenters. The van der Waals surface area contributed by atoms with Crippen molar-refractivity contribution in [1.29, 1.82) is 0 Å². The number of ether oxygens (including phenoxy) is 2. The Morgan fingerprint density at radius 2 is 0.639 bits per heavy atom. The molecule has 6 nitrogen and oxygen atoms in total. The van der Waals surface area contributed by atoms with Crippen LogP contribution in [0.3, 0.4) is 0 Å². The minimum Gasteiger partial charge on any atom is -0.457 e. The van der Waals surface area contributed by atoms with E-state index in [2.05, 4.69) is 24.4 Å². The van der Waals surface area contributed by atoms with Gasteiger partial charge in [0.2, 0.25) is 5.95 Å². The van der Waals surface area contributed by atoms with Crippen molar-refractivity contribution in [2.75, 3.05) is 13.2 Å². The van der Waals surface area contributed by atoms with Gasteiger partial charge in [0, 0.05) is 10.8 Å². The molecule has 2 aromatic heterocycles. The van der Waals surface area contributed by atoms with Crippen molar-refractivity contribution >= 4 is 21.8 Å². The van der Waals surface area contributed by atoms with Gasteiger partial charge in [-0.3, -0.25) is 4.57 Å². The summed E-state index contributed by atoms with van der Waals surface area (Å²) in [5, 5.41) is 0.219. The summed E-state index contributed by atoms with van der Waals surface area (Å²) >= 11 is 0. The average Bonchev–Trinajstić information content (AvgIpc) is 3.46. The van der Waals surface area contributed by atoms with Gasteiger partial charge in [-0.1, -0.05) is 36.4 Å². The van der Waals surface area contributed by atoms with Gasteiger partial charge in [-0.05, 0) is 12.1 Å². The van der Waals surface area contributed by atoms with Crippen LogP contribution in [0.2, 0.25) is 0 Å². The molecule has 0 spiro atoms. The van der Waals surface area contributed by atoms with Crippen LogP contribution in [0.25, 0.3) is 27.8 Å². The molecule has 0 N–H and O–H groups in total. The lowest BCUT2D eigenvalue weighted by atomic mass is 9.94. The van der Waals surface area contributed by atoms with Crippen LogP contribution in [0.1, 0.15) is 0 Å². The fourth-order valence-corrected chi connectivity index (χ4v) is 4.79. The number of benzene rings is 2. The average molecular weight is 942 g/mol. The molecule has 0 fully saturated rings. The Morgan fingerprint density at radius 1 is 0.361 bits per heavy atom. The van der Waals surface area contributed by atoms with E-state index in [0.29, 0.717) is 4.57 Å². The largest absolute Gasteiger partial charge is 0.460 e. The Bertz CT molecular complexity index is 2100. The molecule has 0 bridgehead atoms. The third kappa shape index (κ3) is 7.16. The van der Waals surface area contributed by atoms with Gasteiger partial charge in [-0.2, -0.15) is 124 Å². The number of nitrogens with zero attached hydrogens (tertiary/aromatic N) is 4. The van der Waals surface area contributed by atoms with E-state index in [1.165, 1.54) is 36.4 Å². The highest BCUT2D eigenvalue weighted by atomic mass is 19.4. The molecule has 0 radical (unpaired) electrons. The SMILES string of the molecule is FC(F)(F)C(F)(F)C(F)(F)C(F)(F)C(F)(F)C(F)(F)COc1nc(OCC(F)(F)C(F)(F)C(F)(F)C(F)(F)C(F)(F)C(F)(F)F)nc(-n2c3ccccc3c3ccccc32)n1. The second-order valence-corrected chi connectivity index (χ2v) is 12.1. The molecular formula is C29H12F26N4O2.